The van der Waals surface area contributed by atoms with Crippen LogP contribution in [0.1, 0.15) is 25.6 Å². The fraction of sp³-hybridized carbons (Fsp3) is 0.368. The topological polar surface area (TPSA) is 133 Å². The van der Waals surface area contributed by atoms with Gasteiger partial charge in [0.1, 0.15) is 17.5 Å². The van der Waals surface area contributed by atoms with Crippen LogP contribution in [-0.4, -0.2) is 49.8 Å². The predicted molar refractivity (Wildman–Crippen MR) is 113 cm³/mol. The van der Waals surface area contributed by atoms with Crippen LogP contribution in [0.15, 0.2) is 35.2 Å². The van der Waals surface area contributed by atoms with E-state index in [1.54, 1.807) is 13.0 Å². The zero-order chi connectivity index (χ0) is 21.7. The molecule has 30 heavy (non-hydrogen) atoms. The molecule has 11 heteroatoms. The maximum absolute atomic E-state index is 12.5. The molecular weight excluding hydrogens is 408 g/mol. The van der Waals surface area contributed by atoms with Gasteiger partial charge in [-0.1, -0.05) is 0 Å². The van der Waals surface area contributed by atoms with E-state index in [2.05, 4.69) is 25.3 Å². The van der Waals surface area contributed by atoms with Gasteiger partial charge in [0, 0.05) is 38.5 Å². The molecule has 10 nitrogen and oxygen atoms in total. The van der Waals surface area contributed by atoms with E-state index in [4.69, 9.17) is 0 Å². The van der Waals surface area contributed by atoms with Crippen molar-refractivity contribution in [1.29, 1.82) is 0 Å². The largest absolute Gasteiger partial charge is 0.370 e. The summed E-state index contributed by atoms with van der Waals surface area (Å²) in [5.41, 5.74) is 0.374. The minimum absolute atomic E-state index is 0.0534. The number of nitrogens with zero attached hydrogens (tertiary/aromatic N) is 3. The van der Waals surface area contributed by atoms with Crippen molar-refractivity contribution >= 4 is 39.2 Å². The molecule has 2 amide bonds. The lowest BCUT2D eigenvalue weighted by Crippen LogP contribution is -2.30. The van der Waals surface area contributed by atoms with E-state index < -0.39 is 10.0 Å². The SMILES string of the molecule is CCNc1cc(NCCNS(=O)(=O)c2ccc(N3C(=O)CCC3=O)cc2)nc(C)n1. The first-order valence-corrected chi connectivity index (χ1v) is 11.1. The zero-order valence-electron chi connectivity index (χ0n) is 16.8. The number of anilines is 3. The number of aryl methyl sites for hydroxylation is 1. The summed E-state index contributed by atoms with van der Waals surface area (Å²) < 4.78 is 27.5. The van der Waals surface area contributed by atoms with Gasteiger partial charge in [-0.05, 0) is 38.1 Å². The highest BCUT2D eigenvalue weighted by molar-refractivity contribution is 7.89. The molecule has 2 heterocycles. The van der Waals surface area contributed by atoms with Crippen LogP contribution in [0.3, 0.4) is 0 Å². The molecule has 0 saturated carbocycles. The van der Waals surface area contributed by atoms with Gasteiger partial charge in [0.25, 0.3) is 0 Å². The number of hydrogen-bond donors (Lipinski definition) is 3. The number of rotatable bonds is 9. The van der Waals surface area contributed by atoms with Crippen LogP contribution < -0.4 is 20.3 Å². The predicted octanol–water partition coefficient (Wildman–Crippen LogP) is 1.26. The average Bonchev–Trinajstić information content (AvgIpc) is 3.03. The number of carbonyl (C=O) groups is 2. The van der Waals surface area contributed by atoms with E-state index in [1.807, 2.05) is 6.92 Å². The summed E-state index contributed by atoms with van der Waals surface area (Å²) in [6.07, 6.45) is 0.352. The maximum Gasteiger partial charge on any atom is 0.240 e. The van der Waals surface area contributed by atoms with Crippen molar-refractivity contribution in [3.8, 4) is 0 Å². The summed E-state index contributed by atoms with van der Waals surface area (Å²) in [7, 11) is -3.73. The van der Waals surface area contributed by atoms with E-state index in [-0.39, 0.29) is 36.1 Å². The van der Waals surface area contributed by atoms with Gasteiger partial charge in [-0.15, -0.1) is 0 Å². The maximum atomic E-state index is 12.5. The summed E-state index contributed by atoms with van der Waals surface area (Å²) in [6, 6.07) is 7.42. The van der Waals surface area contributed by atoms with E-state index in [0.29, 0.717) is 29.7 Å². The van der Waals surface area contributed by atoms with Crippen molar-refractivity contribution in [1.82, 2.24) is 14.7 Å². The lowest BCUT2D eigenvalue weighted by atomic mass is 10.3. The molecule has 0 unspecified atom stereocenters. The number of sulfonamides is 1. The number of carbonyl (C=O) groups excluding carboxylic acids is 2. The van der Waals surface area contributed by atoms with Crippen LogP contribution in [0.2, 0.25) is 0 Å². The second-order valence-electron chi connectivity index (χ2n) is 6.66. The highest BCUT2D eigenvalue weighted by atomic mass is 32.2. The van der Waals surface area contributed by atoms with Crippen molar-refractivity contribution in [2.75, 3.05) is 35.2 Å². The molecule has 0 spiro atoms. The van der Waals surface area contributed by atoms with Crippen LogP contribution in [0.25, 0.3) is 0 Å². The average molecular weight is 433 g/mol. The summed E-state index contributed by atoms with van der Waals surface area (Å²) in [6.45, 7) is 4.95. The lowest BCUT2D eigenvalue weighted by Gasteiger charge is -2.14. The Balaban J connectivity index is 1.57. The van der Waals surface area contributed by atoms with Crippen LogP contribution in [-0.2, 0) is 19.6 Å². The Hall–Kier alpha value is -3.05. The van der Waals surface area contributed by atoms with Crippen LogP contribution in [0, 0.1) is 6.92 Å². The standard InChI is InChI=1S/C19H24N6O4S/c1-3-20-16-12-17(24-13(2)23-16)21-10-11-22-30(28,29)15-6-4-14(5-7-15)25-18(26)8-9-19(25)27/h4-7,12,22H,3,8-11H2,1-2H3,(H2,20,21,23,24). The minimum Gasteiger partial charge on any atom is -0.370 e. The van der Waals surface area contributed by atoms with Gasteiger partial charge in [0.2, 0.25) is 21.8 Å². The smallest absolute Gasteiger partial charge is 0.240 e. The molecule has 0 bridgehead atoms. The molecule has 160 valence electrons. The molecule has 1 aliphatic heterocycles. The third-order valence-corrected chi connectivity index (χ3v) is 5.85. The monoisotopic (exact) mass is 432 g/mol. The third-order valence-electron chi connectivity index (χ3n) is 4.38. The van der Waals surface area contributed by atoms with E-state index >= 15 is 0 Å². The Morgan fingerprint density at radius 2 is 1.57 bits per heavy atom. The zero-order valence-corrected chi connectivity index (χ0v) is 17.6. The Kier molecular flexibility index (Phi) is 6.63. The number of imide groups is 1. The van der Waals surface area contributed by atoms with Gasteiger partial charge in [-0.3, -0.25) is 14.5 Å². The molecule has 0 atom stereocenters. The van der Waals surface area contributed by atoms with Gasteiger partial charge < -0.3 is 10.6 Å². The van der Waals surface area contributed by atoms with Crippen molar-refractivity contribution in [2.45, 2.75) is 31.6 Å². The minimum atomic E-state index is -3.73. The Labute approximate surface area is 175 Å². The molecule has 0 radical (unpaired) electrons. The first kappa shape index (κ1) is 21.7. The van der Waals surface area contributed by atoms with Crippen molar-refractivity contribution in [2.24, 2.45) is 0 Å². The highest BCUT2D eigenvalue weighted by Crippen LogP contribution is 2.23. The van der Waals surface area contributed by atoms with Gasteiger partial charge in [-0.2, -0.15) is 0 Å². The fourth-order valence-corrected chi connectivity index (χ4v) is 4.06. The number of amides is 2. The molecule has 1 saturated heterocycles. The van der Waals surface area contributed by atoms with Crippen molar-refractivity contribution in [3.05, 3.63) is 36.2 Å². The van der Waals surface area contributed by atoms with Crippen LogP contribution in [0.4, 0.5) is 17.3 Å². The van der Waals surface area contributed by atoms with E-state index in [1.165, 1.54) is 24.3 Å². The third kappa shape index (κ3) is 5.10. The van der Waals surface area contributed by atoms with Gasteiger partial charge in [0.15, 0.2) is 0 Å². The van der Waals surface area contributed by atoms with Gasteiger partial charge in [-0.25, -0.2) is 23.1 Å². The van der Waals surface area contributed by atoms with Crippen LogP contribution in [0.5, 0.6) is 0 Å². The summed E-state index contributed by atoms with van der Waals surface area (Å²) in [5, 5.41) is 6.17. The fourth-order valence-electron chi connectivity index (χ4n) is 3.03. The second-order valence-corrected chi connectivity index (χ2v) is 8.42. The molecule has 3 N–H and O–H groups in total. The molecule has 2 aromatic rings. The molecular formula is C19H24N6O4S. The molecule has 1 aliphatic rings. The molecule has 3 rings (SSSR count). The van der Waals surface area contributed by atoms with Crippen molar-refractivity contribution in [3.63, 3.8) is 0 Å². The first-order chi connectivity index (χ1) is 14.3. The molecule has 1 aromatic heterocycles. The number of hydrogen-bond acceptors (Lipinski definition) is 8. The van der Waals surface area contributed by atoms with Gasteiger partial charge in [0.05, 0.1) is 10.6 Å². The number of nitrogens with one attached hydrogen (secondary N) is 3. The van der Waals surface area contributed by atoms with Gasteiger partial charge >= 0.3 is 0 Å². The summed E-state index contributed by atoms with van der Waals surface area (Å²) in [5.74, 6) is 1.34. The Morgan fingerprint density at radius 1 is 0.967 bits per heavy atom. The quantitative estimate of drug-likeness (QED) is 0.398. The second kappa shape index (κ2) is 9.18. The van der Waals surface area contributed by atoms with E-state index in [9.17, 15) is 18.0 Å². The molecule has 1 fully saturated rings. The summed E-state index contributed by atoms with van der Waals surface area (Å²) in [4.78, 5) is 33.2. The number of aromatic nitrogens is 2. The Bertz CT molecular complexity index is 1020. The highest BCUT2D eigenvalue weighted by Gasteiger charge is 2.30. The lowest BCUT2D eigenvalue weighted by molar-refractivity contribution is -0.121. The normalized spacial score (nSPS) is 14.3. The van der Waals surface area contributed by atoms with Crippen LogP contribution >= 0.6 is 0 Å². The molecule has 0 aliphatic carbocycles. The Morgan fingerprint density at radius 3 is 2.17 bits per heavy atom. The van der Waals surface area contributed by atoms with Crippen molar-refractivity contribution < 1.29 is 18.0 Å². The number of benzene rings is 1. The summed E-state index contributed by atoms with van der Waals surface area (Å²) >= 11 is 0. The molecule has 1 aromatic carbocycles. The van der Waals surface area contributed by atoms with E-state index in [0.717, 1.165) is 11.4 Å². The first-order valence-electron chi connectivity index (χ1n) is 9.59.